The molecule has 2 fully saturated rings. The van der Waals surface area contributed by atoms with Gasteiger partial charge in [-0.25, -0.2) is 0 Å². The molecule has 0 spiro atoms. The zero-order chi connectivity index (χ0) is 28.6. The minimum Gasteiger partial charge on any atom is -0.504 e. The van der Waals surface area contributed by atoms with E-state index in [-0.39, 0.29) is 41.4 Å². The predicted octanol–water partition coefficient (Wildman–Crippen LogP) is 6.71. The van der Waals surface area contributed by atoms with E-state index in [2.05, 4.69) is 54.6 Å². The van der Waals surface area contributed by atoms with Crippen molar-refractivity contribution in [2.45, 2.75) is 52.6 Å². The minimum atomic E-state index is -0.294. The fourth-order valence-electron chi connectivity index (χ4n) is 6.74. The van der Waals surface area contributed by atoms with Crippen molar-refractivity contribution in [2.24, 2.45) is 23.7 Å². The van der Waals surface area contributed by atoms with Crippen LogP contribution in [-0.2, 0) is 14.3 Å². The van der Waals surface area contributed by atoms with Crippen molar-refractivity contribution in [3.8, 4) is 11.5 Å². The second-order valence-corrected chi connectivity index (χ2v) is 12.5. The van der Waals surface area contributed by atoms with Crippen LogP contribution in [0.5, 0.6) is 11.5 Å². The Morgan fingerprint density at radius 3 is 2.60 bits per heavy atom. The fourth-order valence-corrected chi connectivity index (χ4v) is 7.37. The average Bonchev–Trinajstić information content (AvgIpc) is 3.47. The van der Waals surface area contributed by atoms with E-state index in [1.165, 1.54) is 16.0 Å². The number of rotatable bonds is 9. The molecule has 5 rings (SSSR count). The molecular formula is C33H38INO5. The van der Waals surface area contributed by atoms with Crippen molar-refractivity contribution < 1.29 is 24.2 Å². The second kappa shape index (κ2) is 12.1. The summed E-state index contributed by atoms with van der Waals surface area (Å²) in [5.41, 5.74) is 5.82. The summed E-state index contributed by atoms with van der Waals surface area (Å²) in [5.74, 6) is 0.319. The topological polar surface area (TPSA) is 76.1 Å². The van der Waals surface area contributed by atoms with Crippen molar-refractivity contribution in [3.05, 3.63) is 68.3 Å². The van der Waals surface area contributed by atoms with Crippen LogP contribution in [0.15, 0.2) is 53.6 Å². The number of ether oxygens (including phenoxy) is 2. The maximum atomic E-state index is 13.4. The number of methoxy groups -OCH3 is 1. The van der Waals surface area contributed by atoms with Crippen LogP contribution in [0.25, 0.3) is 11.6 Å². The monoisotopic (exact) mass is 655 g/mol. The first-order chi connectivity index (χ1) is 19.2. The predicted molar refractivity (Wildman–Crippen MR) is 165 cm³/mol. The molecule has 2 saturated heterocycles. The van der Waals surface area contributed by atoms with Crippen molar-refractivity contribution >= 4 is 46.1 Å². The molecule has 0 aromatic heterocycles. The van der Waals surface area contributed by atoms with Crippen molar-refractivity contribution in [1.82, 2.24) is 4.90 Å². The fraction of sp³-hybridized carbons (Fsp3) is 0.455. The molecule has 0 saturated carbocycles. The number of carbonyl (C=O) groups is 2. The van der Waals surface area contributed by atoms with Crippen LogP contribution < -0.4 is 4.74 Å². The van der Waals surface area contributed by atoms with Gasteiger partial charge in [0, 0.05) is 12.5 Å². The summed E-state index contributed by atoms with van der Waals surface area (Å²) in [7, 11) is 1.56. The lowest BCUT2D eigenvalue weighted by molar-refractivity contribution is -0.140. The third-order valence-corrected chi connectivity index (χ3v) is 9.43. The summed E-state index contributed by atoms with van der Waals surface area (Å²) in [6, 6.07) is 14.1. The van der Waals surface area contributed by atoms with Crippen molar-refractivity contribution in [2.75, 3.05) is 20.3 Å². The summed E-state index contributed by atoms with van der Waals surface area (Å²) >= 11 is 2.12. The lowest BCUT2D eigenvalue weighted by Crippen LogP contribution is -2.35. The number of aromatic hydroxyl groups is 1. The first-order valence-electron chi connectivity index (χ1n) is 14.3. The van der Waals surface area contributed by atoms with E-state index in [0.29, 0.717) is 31.2 Å². The van der Waals surface area contributed by atoms with E-state index >= 15 is 0 Å². The highest BCUT2D eigenvalue weighted by Crippen LogP contribution is 2.51. The van der Waals surface area contributed by atoms with E-state index in [9.17, 15) is 14.7 Å². The third kappa shape index (κ3) is 5.34. The molecule has 3 aliphatic rings. The quantitative estimate of drug-likeness (QED) is 0.141. The summed E-state index contributed by atoms with van der Waals surface area (Å²) in [4.78, 5) is 28.1. The highest BCUT2D eigenvalue weighted by molar-refractivity contribution is 14.1. The Bertz CT molecular complexity index is 1350. The molecule has 6 nitrogen and oxygen atoms in total. The first-order valence-corrected chi connectivity index (χ1v) is 15.3. The molecule has 40 heavy (non-hydrogen) atoms. The molecule has 2 aromatic rings. The molecule has 2 amide bonds. The van der Waals surface area contributed by atoms with Gasteiger partial charge < -0.3 is 14.6 Å². The van der Waals surface area contributed by atoms with Crippen molar-refractivity contribution in [1.29, 1.82) is 0 Å². The Morgan fingerprint density at radius 2 is 1.93 bits per heavy atom. The molecule has 7 heteroatoms. The van der Waals surface area contributed by atoms with Crippen LogP contribution in [0.3, 0.4) is 0 Å². The molecule has 2 aromatic carbocycles. The number of hydrogen-bond acceptors (Lipinski definition) is 5. The number of allylic oxidation sites excluding steroid dienone is 2. The van der Waals surface area contributed by atoms with Crippen LogP contribution in [0.2, 0.25) is 0 Å². The Hall–Kier alpha value is -2.65. The summed E-state index contributed by atoms with van der Waals surface area (Å²) in [6.45, 7) is 7.38. The van der Waals surface area contributed by atoms with Gasteiger partial charge in [-0.05, 0) is 88.6 Å². The molecule has 4 atom stereocenters. The number of halogens is 1. The van der Waals surface area contributed by atoms with Crippen LogP contribution in [0.1, 0.15) is 57.6 Å². The van der Waals surface area contributed by atoms with E-state index < -0.39 is 0 Å². The number of nitrogens with zero attached hydrogens (tertiary/aromatic N) is 1. The number of amides is 2. The van der Waals surface area contributed by atoms with Crippen molar-refractivity contribution in [3.63, 3.8) is 0 Å². The molecule has 0 bridgehead atoms. The summed E-state index contributed by atoms with van der Waals surface area (Å²) < 4.78 is 12.6. The second-order valence-electron chi connectivity index (χ2n) is 11.4. The van der Waals surface area contributed by atoms with E-state index in [4.69, 9.17) is 9.47 Å². The zero-order valence-corrected chi connectivity index (χ0v) is 25.8. The standard InChI is InChI=1S/C33H38INO5/c1-5-13-35-32(37)24-17-23(19(2)3)29-25(30(24)33(35)38)18-40-27(29)12-11-22(21-9-7-6-8-10-21)14-20-15-26(34)31(36)28(16-20)39-4/h6-10,14-16,19,24-25,27,30,36H,5,11-13,17-18H2,1-4H3/b22-14-/t24-,25+,27-,30-/m1/s1. The van der Waals surface area contributed by atoms with E-state index in [0.717, 1.165) is 39.5 Å². The third-order valence-electron chi connectivity index (χ3n) is 8.61. The van der Waals surface area contributed by atoms with Gasteiger partial charge in [0.25, 0.3) is 0 Å². The lowest BCUT2D eigenvalue weighted by Gasteiger charge is -2.33. The van der Waals surface area contributed by atoms with Gasteiger partial charge in [-0.1, -0.05) is 62.8 Å². The lowest BCUT2D eigenvalue weighted by atomic mass is 9.67. The average molecular weight is 656 g/mol. The number of benzene rings is 2. The SMILES string of the molecule is CCCN1C(=O)[C@@H]2[C@@H](CC(C(C)C)=C3[C@@H](CC/C(=C/c4cc(I)c(O)c(OC)c4)c4ccccc4)OC[C@@H]32)C1=O. The molecule has 212 valence electrons. The number of hydrogen-bond donors (Lipinski definition) is 1. The molecule has 1 N–H and O–H groups in total. The number of fused-ring (bicyclic) bond motifs is 3. The smallest absolute Gasteiger partial charge is 0.233 e. The van der Waals surface area contributed by atoms with Gasteiger partial charge in [0.1, 0.15) is 0 Å². The van der Waals surface area contributed by atoms with Gasteiger partial charge in [0.15, 0.2) is 11.5 Å². The first kappa shape index (κ1) is 28.9. The molecule has 1 aliphatic carbocycles. The Balaban J connectivity index is 1.45. The Labute approximate surface area is 250 Å². The van der Waals surface area contributed by atoms with Crippen LogP contribution in [-0.4, -0.2) is 48.2 Å². The molecule has 2 heterocycles. The maximum Gasteiger partial charge on any atom is 0.233 e. The van der Waals surface area contributed by atoms with Gasteiger partial charge in [-0.15, -0.1) is 0 Å². The van der Waals surface area contributed by atoms with E-state index in [1.54, 1.807) is 7.11 Å². The molecule has 2 aliphatic heterocycles. The summed E-state index contributed by atoms with van der Waals surface area (Å²) in [6.07, 6.45) is 5.08. The highest BCUT2D eigenvalue weighted by atomic mass is 127. The normalized spacial score (nSPS) is 24.6. The van der Waals surface area contributed by atoms with Gasteiger partial charge in [0.2, 0.25) is 11.8 Å². The van der Waals surface area contributed by atoms with Gasteiger partial charge in [-0.2, -0.15) is 0 Å². The van der Waals surface area contributed by atoms with Crippen LogP contribution in [0.4, 0.5) is 0 Å². The molecule has 0 unspecified atom stereocenters. The number of phenolic OH excluding ortho intramolecular Hbond substituents is 1. The number of carbonyl (C=O) groups excluding carboxylic acids is 2. The van der Waals surface area contributed by atoms with Crippen LogP contribution in [0, 0.1) is 27.2 Å². The largest absolute Gasteiger partial charge is 0.504 e. The molecular weight excluding hydrogens is 617 g/mol. The minimum absolute atomic E-state index is 0.00533. The highest BCUT2D eigenvalue weighted by Gasteiger charge is 2.56. The van der Waals surface area contributed by atoms with Gasteiger partial charge in [0.05, 0.1) is 35.2 Å². The van der Waals surface area contributed by atoms with Gasteiger partial charge in [-0.3, -0.25) is 14.5 Å². The zero-order valence-electron chi connectivity index (χ0n) is 23.7. The molecule has 0 radical (unpaired) electrons. The number of imide groups is 1. The number of phenols is 1. The van der Waals surface area contributed by atoms with E-state index in [1.807, 2.05) is 37.3 Å². The van der Waals surface area contributed by atoms with Gasteiger partial charge >= 0.3 is 0 Å². The van der Waals surface area contributed by atoms with Crippen LogP contribution >= 0.6 is 22.6 Å². The Kier molecular flexibility index (Phi) is 8.71. The Morgan fingerprint density at radius 1 is 1.18 bits per heavy atom. The summed E-state index contributed by atoms with van der Waals surface area (Å²) in [5, 5.41) is 10.3. The maximum absolute atomic E-state index is 13.4. The number of likely N-dealkylation sites (tertiary alicyclic amines) is 1.